The molecule has 0 bridgehead atoms. The zero-order chi connectivity index (χ0) is 17.6. The number of aryl methyl sites for hydroxylation is 2. The van der Waals surface area contributed by atoms with E-state index in [-0.39, 0.29) is 18.5 Å². The Balaban J connectivity index is 1.63. The second-order valence-corrected chi connectivity index (χ2v) is 7.16. The van der Waals surface area contributed by atoms with Crippen molar-refractivity contribution in [3.63, 3.8) is 0 Å². The van der Waals surface area contributed by atoms with E-state index in [0.29, 0.717) is 5.15 Å². The lowest BCUT2D eigenvalue weighted by Crippen LogP contribution is -2.40. The quantitative estimate of drug-likeness (QED) is 0.679. The van der Waals surface area contributed by atoms with Gasteiger partial charge in [-0.15, -0.1) is 0 Å². The van der Waals surface area contributed by atoms with E-state index in [9.17, 15) is 9.59 Å². The molecule has 5 nitrogen and oxygen atoms in total. The Bertz CT molecular complexity index is 883. The van der Waals surface area contributed by atoms with Crippen molar-refractivity contribution in [2.24, 2.45) is 0 Å². The molecule has 1 fully saturated rings. The molecule has 6 heteroatoms. The summed E-state index contributed by atoms with van der Waals surface area (Å²) >= 11 is 5.89. The predicted octanol–water partition coefficient (Wildman–Crippen LogP) is 3.19. The molecule has 2 heterocycles. The number of fused-ring (bicyclic) bond motifs is 1. The van der Waals surface area contributed by atoms with Crippen LogP contribution in [0.1, 0.15) is 35.6 Å². The van der Waals surface area contributed by atoms with E-state index in [1.807, 2.05) is 6.07 Å². The highest BCUT2D eigenvalue weighted by Crippen LogP contribution is 2.33. The highest BCUT2D eigenvalue weighted by Gasteiger charge is 2.49. The van der Waals surface area contributed by atoms with E-state index >= 15 is 0 Å². The third-order valence-corrected chi connectivity index (χ3v) is 5.29. The standard InChI is InChI=1S/C19H18ClN3O2/c1-19(15-6-5-13-3-2-4-14(13)10-15)17(24)23(18(25)22-19)11-12-7-8-21-16(20)9-12/h5-10H,2-4,11H2,1H3,(H,22,25). The van der Waals surface area contributed by atoms with Crippen molar-refractivity contribution in [2.45, 2.75) is 38.3 Å². The molecule has 0 radical (unpaired) electrons. The molecule has 1 aliphatic carbocycles. The normalized spacial score (nSPS) is 22.2. The number of rotatable bonds is 3. The molecule has 1 saturated heterocycles. The Morgan fingerprint density at radius 3 is 2.80 bits per heavy atom. The Morgan fingerprint density at radius 1 is 1.20 bits per heavy atom. The Morgan fingerprint density at radius 2 is 2.00 bits per heavy atom. The fourth-order valence-corrected chi connectivity index (χ4v) is 3.84. The molecule has 1 aromatic heterocycles. The molecule has 1 unspecified atom stereocenters. The maximum Gasteiger partial charge on any atom is 0.325 e. The largest absolute Gasteiger partial charge is 0.325 e. The lowest BCUT2D eigenvalue weighted by Gasteiger charge is -2.23. The highest BCUT2D eigenvalue weighted by atomic mass is 35.5. The van der Waals surface area contributed by atoms with Crippen molar-refractivity contribution in [3.05, 3.63) is 63.9 Å². The van der Waals surface area contributed by atoms with Crippen molar-refractivity contribution in [1.29, 1.82) is 0 Å². The maximum absolute atomic E-state index is 13.0. The predicted molar refractivity (Wildman–Crippen MR) is 94.1 cm³/mol. The van der Waals surface area contributed by atoms with Gasteiger partial charge in [0.15, 0.2) is 0 Å². The summed E-state index contributed by atoms with van der Waals surface area (Å²) in [6.45, 7) is 1.94. The number of carbonyl (C=O) groups is 2. The van der Waals surface area contributed by atoms with Crippen LogP contribution in [0, 0.1) is 0 Å². The minimum atomic E-state index is -1.04. The first-order valence-corrected chi connectivity index (χ1v) is 8.72. The second kappa shape index (κ2) is 5.85. The minimum Gasteiger partial charge on any atom is -0.319 e. The van der Waals surface area contributed by atoms with Crippen molar-refractivity contribution in [1.82, 2.24) is 15.2 Å². The van der Waals surface area contributed by atoms with E-state index < -0.39 is 5.54 Å². The SMILES string of the molecule is CC1(c2ccc3c(c2)CCC3)NC(=O)N(Cc2ccnc(Cl)c2)C1=O. The summed E-state index contributed by atoms with van der Waals surface area (Å²) in [6, 6.07) is 9.11. The first-order chi connectivity index (χ1) is 12.0. The number of amides is 3. The van der Waals surface area contributed by atoms with Gasteiger partial charge in [0.1, 0.15) is 10.7 Å². The highest BCUT2D eigenvalue weighted by molar-refractivity contribution is 6.29. The van der Waals surface area contributed by atoms with Gasteiger partial charge < -0.3 is 5.32 Å². The lowest BCUT2D eigenvalue weighted by atomic mass is 9.89. The third kappa shape index (κ3) is 2.68. The third-order valence-electron chi connectivity index (χ3n) is 5.08. The maximum atomic E-state index is 13.0. The summed E-state index contributed by atoms with van der Waals surface area (Å²) < 4.78 is 0. The van der Waals surface area contributed by atoms with Crippen LogP contribution in [0.2, 0.25) is 5.15 Å². The molecule has 1 aliphatic heterocycles. The van der Waals surface area contributed by atoms with Crippen LogP contribution >= 0.6 is 11.6 Å². The molecule has 2 aliphatic rings. The topological polar surface area (TPSA) is 62.3 Å². The average molecular weight is 356 g/mol. The summed E-state index contributed by atoms with van der Waals surface area (Å²) in [7, 11) is 0. The van der Waals surface area contributed by atoms with Crippen LogP contribution < -0.4 is 5.32 Å². The zero-order valence-corrected chi connectivity index (χ0v) is 14.6. The molecule has 0 saturated carbocycles. The van der Waals surface area contributed by atoms with E-state index in [2.05, 4.69) is 22.4 Å². The van der Waals surface area contributed by atoms with Gasteiger partial charge in [-0.2, -0.15) is 0 Å². The van der Waals surface area contributed by atoms with Crippen LogP contribution in [0.15, 0.2) is 36.5 Å². The molecule has 2 aromatic rings. The van der Waals surface area contributed by atoms with Gasteiger partial charge in [-0.1, -0.05) is 29.8 Å². The van der Waals surface area contributed by atoms with Gasteiger partial charge >= 0.3 is 6.03 Å². The van der Waals surface area contributed by atoms with E-state index in [1.54, 1.807) is 25.3 Å². The smallest absolute Gasteiger partial charge is 0.319 e. The van der Waals surface area contributed by atoms with Crippen LogP contribution in [-0.2, 0) is 29.7 Å². The lowest BCUT2D eigenvalue weighted by molar-refractivity contribution is -0.131. The monoisotopic (exact) mass is 355 g/mol. The first-order valence-electron chi connectivity index (χ1n) is 8.34. The fraction of sp³-hybridized carbons (Fsp3) is 0.316. The number of benzene rings is 1. The van der Waals surface area contributed by atoms with Gasteiger partial charge in [-0.05, 0) is 60.6 Å². The van der Waals surface area contributed by atoms with Crippen molar-refractivity contribution >= 4 is 23.5 Å². The van der Waals surface area contributed by atoms with Gasteiger partial charge in [0.05, 0.1) is 6.54 Å². The summed E-state index contributed by atoms with van der Waals surface area (Å²) in [6.07, 6.45) is 4.82. The van der Waals surface area contributed by atoms with Crippen LogP contribution in [-0.4, -0.2) is 21.8 Å². The Labute approximate surface area is 151 Å². The summed E-state index contributed by atoms with van der Waals surface area (Å²) in [5.41, 5.74) is 3.18. The number of hydrogen-bond donors (Lipinski definition) is 1. The van der Waals surface area contributed by atoms with E-state index in [0.717, 1.165) is 30.4 Å². The molecule has 1 atom stereocenters. The van der Waals surface area contributed by atoms with Crippen molar-refractivity contribution in [2.75, 3.05) is 0 Å². The Hall–Kier alpha value is -2.40. The number of hydrogen-bond acceptors (Lipinski definition) is 3. The molecule has 0 spiro atoms. The number of pyridine rings is 1. The van der Waals surface area contributed by atoms with Gasteiger partial charge in [0.2, 0.25) is 0 Å². The van der Waals surface area contributed by atoms with Gasteiger partial charge in [0.25, 0.3) is 5.91 Å². The number of carbonyl (C=O) groups excluding carboxylic acids is 2. The average Bonchev–Trinajstić information content (AvgIpc) is 3.13. The summed E-state index contributed by atoms with van der Waals surface area (Å²) in [5, 5.41) is 3.20. The molecule has 1 N–H and O–H groups in total. The summed E-state index contributed by atoms with van der Waals surface area (Å²) in [4.78, 5) is 30.6. The molecule has 128 valence electrons. The first kappa shape index (κ1) is 16.1. The van der Waals surface area contributed by atoms with Crippen LogP contribution in [0.3, 0.4) is 0 Å². The molecular formula is C19H18ClN3O2. The molecular weight excluding hydrogens is 338 g/mol. The number of imide groups is 1. The second-order valence-electron chi connectivity index (χ2n) is 6.77. The van der Waals surface area contributed by atoms with Gasteiger partial charge in [-0.3, -0.25) is 9.69 Å². The molecule has 1 aromatic carbocycles. The van der Waals surface area contributed by atoms with Gasteiger partial charge in [0, 0.05) is 6.20 Å². The Kier molecular flexibility index (Phi) is 3.76. The van der Waals surface area contributed by atoms with E-state index in [4.69, 9.17) is 11.6 Å². The number of halogens is 1. The number of urea groups is 1. The zero-order valence-electron chi connectivity index (χ0n) is 13.9. The molecule has 25 heavy (non-hydrogen) atoms. The fourth-order valence-electron chi connectivity index (χ4n) is 3.64. The summed E-state index contributed by atoms with van der Waals surface area (Å²) in [5.74, 6) is -0.247. The van der Waals surface area contributed by atoms with Gasteiger partial charge in [-0.25, -0.2) is 9.78 Å². The van der Waals surface area contributed by atoms with Crippen LogP contribution in [0.5, 0.6) is 0 Å². The van der Waals surface area contributed by atoms with E-state index in [1.165, 1.54) is 16.0 Å². The number of nitrogens with one attached hydrogen (secondary N) is 1. The number of aromatic nitrogens is 1. The molecule has 4 rings (SSSR count). The van der Waals surface area contributed by atoms with Crippen molar-refractivity contribution in [3.8, 4) is 0 Å². The molecule has 3 amide bonds. The van der Waals surface area contributed by atoms with Crippen LogP contribution in [0.25, 0.3) is 0 Å². The van der Waals surface area contributed by atoms with Crippen LogP contribution in [0.4, 0.5) is 4.79 Å². The number of nitrogens with zero attached hydrogens (tertiary/aromatic N) is 2. The minimum absolute atomic E-state index is 0.174. The van der Waals surface area contributed by atoms with Crippen molar-refractivity contribution < 1.29 is 9.59 Å².